The Bertz CT molecular complexity index is 1050. The molecule has 31 heavy (non-hydrogen) atoms. The SMILES string of the molecule is CCCN1CCC(c2nc(C(=O)Nc3ccc(F)cc3-c3ccc(Cl)cc3)cs2)CC1. The van der Waals surface area contributed by atoms with Gasteiger partial charge in [0, 0.05) is 27.6 Å². The number of benzene rings is 2. The van der Waals surface area contributed by atoms with E-state index in [1.165, 1.54) is 18.6 Å². The highest BCUT2D eigenvalue weighted by molar-refractivity contribution is 7.10. The number of hydrogen-bond donors (Lipinski definition) is 1. The van der Waals surface area contributed by atoms with Gasteiger partial charge >= 0.3 is 0 Å². The molecular formula is C24H25ClFN3OS. The van der Waals surface area contributed by atoms with Gasteiger partial charge in [0.05, 0.1) is 5.01 Å². The predicted molar refractivity (Wildman–Crippen MR) is 126 cm³/mol. The summed E-state index contributed by atoms with van der Waals surface area (Å²) in [5.41, 5.74) is 2.32. The van der Waals surface area contributed by atoms with Gasteiger partial charge in [-0.2, -0.15) is 0 Å². The summed E-state index contributed by atoms with van der Waals surface area (Å²) in [5, 5.41) is 6.34. The van der Waals surface area contributed by atoms with Gasteiger partial charge in [0.2, 0.25) is 0 Å². The number of amides is 1. The van der Waals surface area contributed by atoms with Crippen molar-refractivity contribution >= 4 is 34.5 Å². The van der Waals surface area contributed by atoms with Gasteiger partial charge in [-0.1, -0.05) is 30.7 Å². The first kappa shape index (κ1) is 21.9. The molecule has 1 fully saturated rings. The van der Waals surface area contributed by atoms with E-state index in [-0.39, 0.29) is 11.7 Å². The first-order valence-electron chi connectivity index (χ1n) is 10.6. The van der Waals surface area contributed by atoms with Gasteiger partial charge in [0.1, 0.15) is 11.5 Å². The van der Waals surface area contributed by atoms with Crippen LogP contribution in [0, 0.1) is 5.82 Å². The third-order valence-electron chi connectivity index (χ3n) is 5.62. The van der Waals surface area contributed by atoms with Crippen molar-refractivity contribution in [3.63, 3.8) is 0 Å². The van der Waals surface area contributed by atoms with Crippen molar-refractivity contribution in [2.75, 3.05) is 25.0 Å². The average molecular weight is 458 g/mol. The molecule has 0 atom stereocenters. The summed E-state index contributed by atoms with van der Waals surface area (Å²) >= 11 is 7.52. The Morgan fingerprint density at radius 3 is 2.68 bits per heavy atom. The van der Waals surface area contributed by atoms with Crippen LogP contribution in [0.5, 0.6) is 0 Å². The highest BCUT2D eigenvalue weighted by Gasteiger charge is 2.24. The molecule has 2 heterocycles. The standard InChI is InChI=1S/C24H25ClFN3OS/c1-2-11-29-12-9-17(10-13-29)24-28-22(15-31-24)23(30)27-21-8-7-19(26)14-20(21)16-3-5-18(25)6-4-16/h3-8,14-15,17H,2,9-13H2,1H3,(H,27,30). The highest BCUT2D eigenvalue weighted by atomic mass is 35.5. The number of anilines is 1. The Balaban J connectivity index is 1.48. The summed E-state index contributed by atoms with van der Waals surface area (Å²) in [6, 6.07) is 11.4. The Labute approximate surface area is 191 Å². The molecule has 1 saturated heterocycles. The van der Waals surface area contributed by atoms with Crippen LogP contribution >= 0.6 is 22.9 Å². The quantitative estimate of drug-likeness (QED) is 0.463. The van der Waals surface area contributed by atoms with Gasteiger partial charge < -0.3 is 10.2 Å². The molecule has 7 heteroatoms. The van der Waals surface area contributed by atoms with E-state index in [9.17, 15) is 9.18 Å². The van der Waals surface area contributed by atoms with Crippen molar-refractivity contribution in [1.82, 2.24) is 9.88 Å². The van der Waals surface area contributed by atoms with Crippen LogP contribution in [0.4, 0.5) is 10.1 Å². The first-order valence-corrected chi connectivity index (χ1v) is 11.8. The topological polar surface area (TPSA) is 45.2 Å². The number of aromatic nitrogens is 1. The highest BCUT2D eigenvalue weighted by Crippen LogP contribution is 2.32. The van der Waals surface area contributed by atoms with Crippen LogP contribution < -0.4 is 5.32 Å². The first-order chi connectivity index (χ1) is 15.0. The Morgan fingerprint density at radius 1 is 1.23 bits per heavy atom. The normalized spacial score (nSPS) is 15.2. The van der Waals surface area contributed by atoms with Crippen LogP contribution in [0.1, 0.15) is 47.6 Å². The summed E-state index contributed by atoms with van der Waals surface area (Å²) in [7, 11) is 0. The molecule has 0 unspecified atom stereocenters. The number of carbonyl (C=O) groups is 1. The predicted octanol–water partition coefficient (Wildman–Crippen LogP) is 6.44. The molecule has 1 aromatic heterocycles. The Hall–Kier alpha value is -2.28. The van der Waals surface area contributed by atoms with Gasteiger partial charge in [-0.3, -0.25) is 4.79 Å². The number of nitrogens with one attached hydrogen (secondary N) is 1. The number of carbonyl (C=O) groups excluding carboxylic acids is 1. The van der Waals surface area contributed by atoms with Crippen molar-refractivity contribution in [2.24, 2.45) is 0 Å². The molecule has 0 spiro atoms. The molecule has 3 aromatic rings. The number of likely N-dealkylation sites (tertiary alicyclic amines) is 1. The fourth-order valence-electron chi connectivity index (χ4n) is 3.98. The van der Waals surface area contributed by atoms with Crippen molar-refractivity contribution in [2.45, 2.75) is 32.1 Å². The monoisotopic (exact) mass is 457 g/mol. The number of hydrogen-bond acceptors (Lipinski definition) is 4. The number of halogens is 2. The lowest BCUT2D eigenvalue weighted by Crippen LogP contribution is -2.33. The molecule has 0 bridgehead atoms. The molecular weight excluding hydrogens is 433 g/mol. The smallest absolute Gasteiger partial charge is 0.275 e. The largest absolute Gasteiger partial charge is 0.320 e. The summed E-state index contributed by atoms with van der Waals surface area (Å²) in [6.45, 7) is 5.52. The zero-order valence-electron chi connectivity index (χ0n) is 17.4. The van der Waals surface area contributed by atoms with Crippen LogP contribution in [0.2, 0.25) is 5.02 Å². The summed E-state index contributed by atoms with van der Waals surface area (Å²) < 4.78 is 13.9. The summed E-state index contributed by atoms with van der Waals surface area (Å²) in [5.74, 6) is -0.240. The lowest BCUT2D eigenvalue weighted by Gasteiger charge is -2.30. The van der Waals surface area contributed by atoms with Gasteiger partial charge in [0.15, 0.2) is 0 Å². The minimum atomic E-state index is -0.367. The van der Waals surface area contributed by atoms with E-state index >= 15 is 0 Å². The summed E-state index contributed by atoms with van der Waals surface area (Å²) in [6.07, 6.45) is 3.33. The van der Waals surface area contributed by atoms with E-state index in [1.807, 2.05) is 5.38 Å². The minimum Gasteiger partial charge on any atom is -0.320 e. The minimum absolute atomic E-state index is 0.284. The third kappa shape index (κ3) is 5.32. The molecule has 0 saturated carbocycles. The van der Waals surface area contributed by atoms with E-state index < -0.39 is 0 Å². The number of piperidine rings is 1. The average Bonchev–Trinajstić information content (AvgIpc) is 3.27. The molecule has 1 aliphatic heterocycles. The van der Waals surface area contributed by atoms with Crippen LogP contribution in [0.15, 0.2) is 47.8 Å². The third-order valence-corrected chi connectivity index (χ3v) is 6.88. The van der Waals surface area contributed by atoms with E-state index in [0.717, 1.165) is 43.0 Å². The fraction of sp³-hybridized carbons (Fsp3) is 0.333. The van der Waals surface area contributed by atoms with Crippen molar-refractivity contribution < 1.29 is 9.18 Å². The molecule has 1 aliphatic rings. The molecule has 1 amide bonds. The molecule has 0 radical (unpaired) electrons. The maximum absolute atomic E-state index is 13.9. The van der Waals surface area contributed by atoms with E-state index in [0.29, 0.717) is 27.9 Å². The Kier molecular flexibility index (Phi) is 7.00. The van der Waals surface area contributed by atoms with Crippen molar-refractivity contribution in [1.29, 1.82) is 0 Å². The summed E-state index contributed by atoms with van der Waals surface area (Å²) in [4.78, 5) is 20.0. The molecule has 0 aliphatic carbocycles. The molecule has 4 nitrogen and oxygen atoms in total. The van der Waals surface area contributed by atoms with Gasteiger partial charge in [-0.15, -0.1) is 11.3 Å². The van der Waals surface area contributed by atoms with Gasteiger partial charge in [-0.05, 0) is 74.8 Å². The van der Waals surface area contributed by atoms with Crippen LogP contribution in [0.3, 0.4) is 0 Å². The number of rotatable bonds is 6. The van der Waals surface area contributed by atoms with Gasteiger partial charge in [0.25, 0.3) is 5.91 Å². The van der Waals surface area contributed by atoms with Gasteiger partial charge in [-0.25, -0.2) is 9.37 Å². The number of nitrogens with zero attached hydrogens (tertiary/aromatic N) is 2. The molecule has 1 N–H and O–H groups in total. The molecule has 162 valence electrons. The number of thiazole rings is 1. The van der Waals surface area contributed by atoms with Crippen molar-refractivity contribution in [3.8, 4) is 11.1 Å². The second-order valence-electron chi connectivity index (χ2n) is 7.84. The van der Waals surface area contributed by atoms with E-state index in [4.69, 9.17) is 11.6 Å². The maximum atomic E-state index is 13.9. The van der Waals surface area contributed by atoms with Crippen LogP contribution in [-0.4, -0.2) is 35.4 Å². The van der Waals surface area contributed by atoms with Crippen molar-refractivity contribution in [3.05, 3.63) is 69.4 Å². The Morgan fingerprint density at radius 2 is 1.97 bits per heavy atom. The zero-order chi connectivity index (χ0) is 21.8. The molecule has 2 aromatic carbocycles. The zero-order valence-corrected chi connectivity index (χ0v) is 19.0. The second kappa shape index (κ2) is 9.90. The second-order valence-corrected chi connectivity index (χ2v) is 9.16. The maximum Gasteiger partial charge on any atom is 0.275 e. The molecule has 4 rings (SSSR count). The van der Waals surface area contributed by atoms with Crippen LogP contribution in [0.25, 0.3) is 11.1 Å². The lowest BCUT2D eigenvalue weighted by molar-refractivity contribution is 0.102. The fourth-order valence-corrected chi connectivity index (χ4v) is 5.08. The van der Waals surface area contributed by atoms with Crippen LogP contribution in [-0.2, 0) is 0 Å². The van der Waals surface area contributed by atoms with E-state index in [1.54, 1.807) is 41.7 Å². The van der Waals surface area contributed by atoms with E-state index in [2.05, 4.69) is 22.1 Å². The lowest BCUT2D eigenvalue weighted by atomic mass is 9.97.